The highest BCUT2D eigenvalue weighted by molar-refractivity contribution is 7.87. The lowest BCUT2D eigenvalue weighted by molar-refractivity contribution is 0.0723. The molecule has 0 spiro atoms. The molecule has 1 aromatic rings. The summed E-state index contributed by atoms with van der Waals surface area (Å²) in [5.41, 5.74) is 0.842. The number of rotatable bonds is 4. The molecule has 1 aliphatic heterocycles. The Morgan fingerprint density at radius 2 is 2.17 bits per heavy atom. The first-order valence-corrected chi connectivity index (χ1v) is 7.29. The van der Waals surface area contributed by atoms with Crippen LogP contribution in [0, 0.1) is 0 Å². The number of hydrogen-bond donors (Lipinski definition) is 1. The summed E-state index contributed by atoms with van der Waals surface area (Å²) < 4.78 is 33.4. The van der Waals surface area contributed by atoms with Gasteiger partial charge in [-0.25, -0.2) is 0 Å². The molecule has 1 saturated heterocycles. The monoisotopic (exact) mass is 271 g/mol. The van der Waals surface area contributed by atoms with Gasteiger partial charge in [0.1, 0.15) is 0 Å². The van der Waals surface area contributed by atoms with Gasteiger partial charge in [0.2, 0.25) is 0 Å². The van der Waals surface area contributed by atoms with Gasteiger partial charge in [-0.3, -0.25) is 4.98 Å². The summed E-state index contributed by atoms with van der Waals surface area (Å²) >= 11 is 0. The summed E-state index contributed by atoms with van der Waals surface area (Å²) in [5, 5.41) is 0. The molecule has 100 valence electrons. The number of nitrogens with zero attached hydrogens (tertiary/aromatic N) is 2. The molecule has 2 heterocycles. The molecule has 0 radical (unpaired) electrons. The van der Waals surface area contributed by atoms with Crippen LogP contribution in [0.1, 0.15) is 18.5 Å². The average Bonchev–Trinajstić information content (AvgIpc) is 2.40. The van der Waals surface area contributed by atoms with E-state index in [2.05, 4.69) is 9.71 Å². The fourth-order valence-corrected chi connectivity index (χ4v) is 3.15. The zero-order valence-corrected chi connectivity index (χ0v) is 11.1. The fourth-order valence-electron chi connectivity index (χ4n) is 1.79. The van der Waals surface area contributed by atoms with Gasteiger partial charge in [0.05, 0.1) is 13.2 Å². The summed E-state index contributed by atoms with van der Waals surface area (Å²) in [6.07, 6.45) is 3.32. The predicted molar refractivity (Wildman–Crippen MR) is 67.1 cm³/mol. The van der Waals surface area contributed by atoms with Crippen molar-refractivity contribution in [2.45, 2.75) is 13.0 Å². The maximum Gasteiger partial charge on any atom is 0.280 e. The summed E-state index contributed by atoms with van der Waals surface area (Å²) in [7, 11) is -3.46. The topological polar surface area (TPSA) is 71.5 Å². The second kappa shape index (κ2) is 5.75. The van der Waals surface area contributed by atoms with Gasteiger partial charge in [-0.2, -0.15) is 17.4 Å². The number of morpholine rings is 1. The normalized spacial score (nSPS) is 19.6. The first kappa shape index (κ1) is 13.4. The Labute approximate surface area is 107 Å². The molecule has 2 rings (SSSR count). The van der Waals surface area contributed by atoms with Crippen LogP contribution in [-0.4, -0.2) is 44.0 Å². The third kappa shape index (κ3) is 3.26. The summed E-state index contributed by atoms with van der Waals surface area (Å²) in [4.78, 5) is 3.98. The molecule has 7 heteroatoms. The Morgan fingerprint density at radius 3 is 2.78 bits per heavy atom. The van der Waals surface area contributed by atoms with Crippen molar-refractivity contribution in [2.75, 3.05) is 26.3 Å². The molecule has 0 saturated carbocycles. The van der Waals surface area contributed by atoms with Crippen LogP contribution in [-0.2, 0) is 14.9 Å². The lowest BCUT2D eigenvalue weighted by Crippen LogP contribution is -2.47. The molecular weight excluding hydrogens is 254 g/mol. The van der Waals surface area contributed by atoms with Gasteiger partial charge >= 0.3 is 0 Å². The molecule has 18 heavy (non-hydrogen) atoms. The van der Waals surface area contributed by atoms with E-state index >= 15 is 0 Å². The van der Waals surface area contributed by atoms with Crippen LogP contribution < -0.4 is 4.72 Å². The molecule has 0 amide bonds. The maximum absolute atomic E-state index is 12.1. The summed E-state index contributed by atoms with van der Waals surface area (Å²) in [5.74, 6) is 0. The van der Waals surface area contributed by atoms with Crippen LogP contribution in [0.4, 0.5) is 0 Å². The molecule has 6 nitrogen and oxygen atoms in total. The van der Waals surface area contributed by atoms with Crippen molar-refractivity contribution in [3.63, 3.8) is 0 Å². The van der Waals surface area contributed by atoms with Crippen molar-refractivity contribution in [3.05, 3.63) is 30.1 Å². The highest BCUT2D eigenvalue weighted by Crippen LogP contribution is 2.13. The smallest absolute Gasteiger partial charge is 0.280 e. The number of nitrogens with one attached hydrogen (secondary N) is 1. The molecule has 1 N–H and O–H groups in total. The van der Waals surface area contributed by atoms with E-state index in [0.29, 0.717) is 26.3 Å². The summed E-state index contributed by atoms with van der Waals surface area (Å²) in [6.45, 7) is 3.49. The summed E-state index contributed by atoms with van der Waals surface area (Å²) in [6, 6.07) is 3.33. The first-order chi connectivity index (χ1) is 8.59. The first-order valence-electron chi connectivity index (χ1n) is 5.84. The van der Waals surface area contributed by atoms with Gasteiger partial charge in [0.25, 0.3) is 10.2 Å². The zero-order chi connectivity index (χ0) is 13.0. The van der Waals surface area contributed by atoms with Crippen LogP contribution in [0.25, 0.3) is 0 Å². The van der Waals surface area contributed by atoms with Gasteiger partial charge in [0.15, 0.2) is 0 Å². The van der Waals surface area contributed by atoms with Crippen LogP contribution in [0.2, 0.25) is 0 Å². The Balaban J connectivity index is 2.03. The highest BCUT2D eigenvalue weighted by Gasteiger charge is 2.25. The maximum atomic E-state index is 12.1. The third-order valence-corrected chi connectivity index (χ3v) is 4.52. The van der Waals surface area contributed by atoms with Crippen molar-refractivity contribution in [1.29, 1.82) is 0 Å². The molecule has 1 aliphatic rings. The van der Waals surface area contributed by atoms with E-state index in [4.69, 9.17) is 4.74 Å². The third-order valence-electron chi connectivity index (χ3n) is 2.82. The number of aromatic nitrogens is 1. The van der Waals surface area contributed by atoms with Gasteiger partial charge in [0, 0.05) is 31.5 Å². The van der Waals surface area contributed by atoms with E-state index in [1.54, 1.807) is 25.4 Å². The Hall–Kier alpha value is -1.02. The Kier molecular flexibility index (Phi) is 4.28. The largest absolute Gasteiger partial charge is 0.379 e. The van der Waals surface area contributed by atoms with E-state index in [1.807, 2.05) is 6.07 Å². The van der Waals surface area contributed by atoms with Crippen LogP contribution >= 0.6 is 0 Å². The minimum absolute atomic E-state index is 0.299. The molecule has 0 unspecified atom stereocenters. The molecule has 1 fully saturated rings. The van der Waals surface area contributed by atoms with E-state index in [9.17, 15) is 8.42 Å². The molecule has 0 aliphatic carbocycles. The van der Waals surface area contributed by atoms with Gasteiger partial charge in [-0.15, -0.1) is 0 Å². The predicted octanol–water partition coefficient (Wildman–Crippen LogP) is 0.309. The van der Waals surface area contributed by atoms with Crippen molar-refractivity contribution in [3.8, 4) is 0 Å². The second-order valence-electron chi connectivity index (χ2n) is 4.14. The van der Waals surface area contributed by atoms with Crippen molar-refractivity contribution in [2.24, 2.45) is 0 Å². The number of pyridine rings is 1. The van der Waals surface area contributed by atoms with Gasteiger partial charge in [-0.1, -0.05) is 6.07 Å². The van der Waals surface area contributed by atoms with Gasteiger partial charge < -0.3 is 4.74 Å². The SMILES string of the molecule is C[C@@H](NS(=O)(=O)N1CCOCC1)c1cccnc1. The van der Waals surface area contributed by atoms with Crippen molar-refractivity contribution in [1.82, 2.24) is 14.0 Å². The standard InChI is InChI=1S/C11H17N3O3S/c1-10(11-3-2-4-12-9-11)13-18(15,16)14-5-7-17-8-6-14/h2-4,9-10,13H,5-8H2,1H3/t10-/m1/s1. The molecule has 0 aromatic carbocycles. The molecule has 1 atom stereocenters. The van der Waals surface area contributed by atoms with Crippen LogP contribution in [0.15, 0.2) is 24.5 Å². The van der Waals surface area contributed by atoms with E-state index in [1.165, 1.54) is 4.31 Å². The van der Waals surface area contributed by atoms with E-state index < -0.39 is 10.2 Å². The minimum atomic E-state index is -3.46. The Bertz CT molecular complexity index is 472. The van der Waals surface area contributed by atoms with Crippen molar-refractivity contribution < 1.29 is 13.2 Å². The number of ether oxygens (including phenoxy) is 1. The molecule has 1 aromatic heterocycles. The second-order valence-corrected chi connectivity index (χ2v) is 5.84. The van der Waals surface area contributed by atoms with Gasteiger partial charge in [-0.05, 0) is 18.6 Å². The lowest BCUT2D eigenvalue weighted by atomic mass is 10.2. The van der Waals surface area contributed by atoms with Crippen molar-refractivity contribution >= 4 is 10.2 Å². The lowest BCUT2D eigenvalue weighted by Gasteiger charge is -2.27. The van der Waals surface area contributed by atoms with Crippen LogP contribution in [0.5, 0.6) is 0 Å². The van der Waals surface area contributed by atoms with E-state index in [-0.39, 0.29) is 6.04 Å². The zero-order valence-electron chi connectivity index (χ0n) is 10.2. The average molecular weight is 271 g/mol. The molecule has 0 bridgehead atoms. The minimum Gasteiger partial charge on any atom is -0.379 e. The highest BCUT2D eigenvalue weighted by atomic mass is 32.2. The molecular formula is C11H17N3O3S. The quantitative estimate of drug-likeness (QED) is 0.855. The van der Waals surface area contributed by atoms with Crippen LogP contribution in [0.3, 0.4) is 0 Å². The number of hydrogen-bond acceptors (Lipinski definition) is 4. The Morgan fingerprint density at radius 1 is 1.44 bits per heavy atom. The van der Waals surface area contributed by atoms with E-state index in [0.717, 1.165) is 5.56 Å². The fraction of sp³-hybridized carbons (Fsp3) is 0.545.